The first kappa shape index (κ1) is 13.0. The van der Waals surface area contributed by atoms with Crippen LogP contribution in [0.25, 0.3) is 0 Å². The molecule has 0 aromatic carbocycles. The van der Waals surface area contributed by atoms with Crippen molar-refractivity contribution in [3.63, 3.8) is 0 Å². The fraction of sp³-hybridized carbons (Fsp3) is 0.636. The summed E-state index contributed by atoms with van der Waals surface area (Å²) < 4.78 is 1.73. The van der Waals surface area contributed by atoms with E-state index in [0.29, 0.717) is 31.2 Å². The van der Waals surface area contributed by atoms with Crippen LogP contribution in [0.1, 0.15) is 30.0 Å². The predicted molar refractivity (Wildman–Crippen MR) is 64.9 cm³/mol. The number of hydrogen-bond acceptors (Lipinski definition) is 2. The zero-order valence-electron chi connectivity index (χ0n) is 10.0. The normalized spacial score (nSPS) is 10.5. The number of alkyl halides is 1. The third-order valence-corrected chi connectivity index (χ3v) is 2.61. The van der Waals surface area contributed by atoms with Crippen LogP contribution in [0.3, 0.4) is 0 Å². The Kier molecular flexibility index (Phi) is 4.80. The van der Waals surface area contributed by atoms with Gasteiger partial charge in [-0.3, -0.25) is 9.48 Å². The van der Waals surface area contributed by atoms with Crippen molar-refractivity contribution in [1.82, 2.24) is 14.7 Å². The second-order valence-electron chi connectivity index (χ2n) is 3.56. The molecule has 0 atom stereocenters. The van der Waals surface area contributed by atoms with Crippen LogP contribution in [-0.4, -0.2) is 39.6 Å². The summed E-state index contributed by atoms with van der Waals surface area (Å²) in [4.78, 5) is 13.9. The SMILES string of the molecule is CCN(CCCl)C(=O)c1cc(C)nn1CC. The van der Waals surface area contributed by atoms with Gasteiger partial charge in [0, 0.05) is 25.5 Å². The lowest BCUT2D eigenvalue weighted by molar-refractivity contribution is 0.0761. The Labute approximate surface area is 101 Å². The molecule has 0 saturated carbocycles. The van der Waals surface area contributed by atoms with Gasteiger partial charge in [-0.15, -0.1) is 11.6 Å². The van der Waals surface area contributed by atoms with Gasteiger partial charge in [-0.2, -0.15) is 5.10 Å². The van der Waals surface area contributed by atoms with E-state index in [9.17, 15) is 4.79 Å². The molecule has 1 aromatic rings. The topological polar surface area (TPSA) is 38.1 Å². The van der Waals surface area contributed by atoms with Crippen molar-refractivity contribution >= 4 is 17.5 Å². The molecule has 1 amide bonds. The third kappa shape index (κ3) is 2.76. The lowest BCUT2D eigenvalue weighted by Crippen LogP contribution is -2.34. The minimum Gasteiger partial charge on any atom is -0.336 e. The van der Waals surface area contributed by atoms with Gasteiger partial charge < -0.3 is 4.90 Å². The molecule has 5 heteroatoms. The Morgan fingerprint density at radius 3 is 2.75 bits per heavy atom. The van der Waals surface area contributed by atoms with Gasteiger partial charge in [-0.25, -0.2) is 0 Å². The molecular weight excluding hydrogens is 226 g/mol. The summed E-state index contributed by atoms with van der Waals surface area (Å²) in [5.74, 6) is 0.462. The lowest BCUT2D eigenvalue weighted by atomic mass is 10.3. The third-order valence-electron chi connectivity index (χ3n) is 2.44. The zero-order chi connectivity index (χ0) is 12.1. The van der Waals surface area contributed by atoms with E-state index in [1.165, 1.54) is 0 Å². The number of halogens is 1. The average Bonchev–Trinajstić information content (AvgIpc) is 2.66. The highest BCUT2D eigenvalue weighted by Gasteiger charge is 2.18. The van der Waals surface area contributed by atoms with Gasteiger partial charge in [0.25, 0.3) is 5.91 Å². The second-order valence-corrected chi connectivity index (χ2v) is 3.94. The van der Waals surface area contributed by atoms with Gasteiger partial charge in [-0.05, 0) is 26.8 Å². The van der Waals surface area contributed by atoms with Crippen molar-refractivity contribution < 1.29 is 4.79 Å². The molecule has 1 rings (SSSR count). The second kappa shape index (κ2) is 5.89. The maximum atomic E-state index is 12.2. The molecular formula is C11H18ClN3O. The molecule has 0 unspecified atom stereocenters. The highest BCUT2D eigenvalue weighted by molar-refractivity contribution is 6.18. The molecule has 4 nitrogen and oxygen atoms in total. The van der Waals surface area contributed by atoms with Crippen LogP contribution in [0.2, 0.25) is 0 Å². The first-order chi connectivity index (χ1) is 7.63. The molecule has 0 aliphatic carbocycles. The van der Waals surface area contributed by atoms with Gasteiger partial charge in [0.15, 0.2) is 0 Å². The fourth-order valence-corrected chi connectivity index (χ4v) is 1.83. The molecule has 0 bridgehead atoms. The van der Waals surface area contributed by atoms with E-state index in [1.54, 1.807) is 9.58 Å². The van der Waals surface area contributed by atoms with Crippen LogP contribution in [0, 0.1) is 6.92 Å². The van der Waals surface area contributed by atoms with Crippen molar-refractivity contribution in [2.75, 3.05) is 19.0 Å². The van der Waals surface area contributed by atoms with Crippen LogP contribution in [0.4, 0.5) is 0 Å². The number of aromatic nitrogens is 2. The fourth-order valence-electron chi connectivity index (χ4n) is 1.63. The number of carbonyl (C=O) groups excluding carboxylic acids is 1. The monoisotopic (exact) mass is 243 g/mol. The van der Waals surface area contributed by atoms with Gasteiger partial charge in [0.2, 0.25) is 0 Å². The maximum Gasteiger partial charge on any atom is 0.272 e. The van der Waals surface area contributed by atoms with Crippen molar-refractivity contribution in [3.05, 3.63) is 17.5 Å². The van der Waals surface area contributed by atoms with E-state index < -0.39 is 0 Å². The van der Waals surface area contributed by atoms with E-state index in [0.717, 1.165) is 5.69 Å². The Morgan fingerprint density at radius 2 is 2.25 bits per heavy atom. The summed E-state index contributed by atoms with van der Waals surface area (Å²) in [5.41, 5.74) is 1.51. The molecule has 0 spiro atoms. The summed E-state index contributed by atoms with van der Waals surface area (Å²) in [6.07, 6.45) is 0. The van der Waals surface area contributed by atoms with E-state index >= 15 is 0 Å². The van der Waals surface area contributed by atoms with Crippen LogP contribution in [-0.2, 0) is 6.54 Å². The van der Waals surface area contributed by atoms with Crippen LogP contribution in [0.5, 0.6) is 0 Å². The lowest BCUT2D eigenvalue weighted by Gasteiger charge is -2.19. The molecule has 1 heterocycles. The first-order valence-electron chi connectivity index (χ1n) is 5.53. The predicted octanol–water partition coefficient (Wildman–Crippen LogP) is 1.91. The minimum absolute atomic E-state index is 0.00519. The number of hydrogen-bond donors (Lipinski definition) is 0. The van der Waals surface area contributed by atoms with Gasteiger partial charge in [0.05, 0.1) is 5.69 Å². The quantitative estimate of drug-likeness (QED) is 0.741. The van der Waals surface area contributed by atoms with Crippen LogP contribution < -0.4 is 0 Å². The Balaban J connectivity index is 2.93. The summed E-state index contributed by atoms with van der Waals surface area (Å²) in [6.45, 7) is 7.75. The minimum atomic E-state index is 0.00519. The summed E-state index contributed by atoms with van der Waals surface area (Å²) in [5, 5.41) is 4.26. The van der Waals surface area contributed by atoms with Gasteiger partial charge >= 0.3 is 0 Å². The molecule has 0 saturated heterocycles. The molecule has 1 aromatic heterocycles. The van der Waals surface area contributed by atoms with Crippen molar-refractivity contribution in [3.8, 4) is 0 Å². The standard InChI is InChI=1S/C11H18ClN3O/c1-4-14(7-6-12)11(16)10-8-9(3)13-15(10)5-2/h8H,4-7H2,1-3H3. The molecule has 90 valence electrons. The van der Waals surface area contributed by atoms with Crippen molar-refractivity contribution in [1.29, 1.82) is 0 Å². The summed E-state index contributed by atoms with van der Waals surface area (Å²) in [7, 11) is 0. The molecule has 16 heavy (non-hydrogen) atoms. The average molecular weight is 244 g/mol. The largest absolute Gasteiger partial charge is 0.336 e. The van der Waals surface area contributed by atoms with Gasteiger partial charge in [-0.1, -0.05) is 0 Å². The van der Waals surface area contributed by atoms with Crippen molar-refractivity contribution in [2.45, 2.75) is 27.3 Å². The van der Waals surface area contributed by atoms with Gasteiger partial charge in [0.1, 0.15) is 5.69 Å². The smallest absolute Gasteiger partial charge is 0.272 e. The summed E-state index contributed by atoms with van der Waals surface area (Å²) in [6, 6.07) is 1.82. The van der Waals surface area contributed by atoms with Crippen molar-refractivity contribution in [2.24, 2.45) is 0 Å². The number of amides is 1. The Bertz CT molecular complexity index is 362. The Morgan fingerprint density at radius 1 is 1.56 bits per heavy atom. The Hall–Kier alpha value is -1.03. The highest BCUT2D eigenvalue weighted by Crippen LogP contribution is 2.08. The first-order valence-corrected chi connectivity index (χ1v) is 6.07. The molecule has 0 aliphatic heterocycles. The highest BCUT2D eigenvalue weighted by atomic mass is 35.5. The molecule has 0 fully saturated rings. The molecule has 0 N–H and O–H groups in total. The van der Waals surface area contributed by atoms with Crippen LogP contribution >= 0.6 is 11.6 Å². The molecule has 0 aliphatic rings. The van der Waals surface area contributed by atoms with E-state index in [-0.39, 0.29) is 5.91 Å². The number of rotatable bonds is 5. The number of nitrogens with zero attached hydrogens (tertiary/aromatic N) is 3. The molecule has 0 radical (unpaired) electrons. The maximum absolute atomic E-state index is 12.2. The summed E-state index contributed by atoms with van der Waals surface area (Å²) >= 11 is 5.67. The number of aryl methyl sites for hydroxylation is 2. The van der Waals surface area contributed by atoms with E-state index in [4.69, 9.17) is 11.6 Å². The number of carbonyl (C=O) groups is 1. The van der Waals surface area contributed by atoms with Crippen LogP contribution in [0.15, 0.2) is 6.07 Å². The van der Waals surface area contributed by atoms with E-state index in [2.05, 4.69) is 5.10 Å². The zero-order valence-corrected chi connectivity index (χ0v) is 10.8. The van der Waals surface area contributed by atoms with E-state index in [1.807, 2.05) is 26.8 Å².